The second-order valence-electron chi connectivity index (χ2n) is 15.4. The highest BCUT2D eigenvalue weighted by atomic mass is 19.1. The molecule has 0 unspecified atom stereocenters. The van der Waals surface area contributed by atoms with Crippen LogP contribution in [0.15, 0.2) is 42.7 Å². The number of aromatic nitrogens is 3. The lowest BCUT2D eigenvalue weighted by Crippen LogP contribution is -2.58. The van der Waals surface area contributed by atoms with E-state index in [4.69, 9.17) is 9.97 Å². The molecule has 2 N–H and O–H groups in total. The molecule has 2 fully saturated rings. The van der Waals surface area contributed by atoms with Gasteiger partial charge in [0.1, 0.15) is 17.5 Å². The highest BCUT2D eigenvalue weighted by Gasteiger charge is 2.50. The molecule has 264 valence electrons. The summed E-state index contributed by atoms with van der Waals surface area (Å²) >= 11 is 0. The summed E-state index contributed by atoms with van der Waals surface area (Å²) in [6, 6.07) is 11.2. The van der Waals surface area contributed by atoms with Crippen molar-refractivity contribution in [3.63, 3.8) is 0 Å². The molecular weight excluding hydrogens is 636 g/mol. The van der Waals surface area contributed by atoms with Crippen LogP contribution in [0.2, 0.25) is 0 Å². The molecule has 1 atom stereocenters. The molecule has 2 aliphatic heterocycles. The van der Waals surface area contributed by atoms with Gasteiger partial charge in [-0.1, -0.05) is 12.1 Å². The number of benzene rings is 2. The number of hydrogen-bond donors (Lipinski definition) is 2. The first kappa shape index (κ1) is 34.1. The zero-order valence-electron chi connectivity index (χ0n) is 30.0. The number of fused-ring (bicyclic) bond motifs is 2. The van der Waals surface area contributed by atoms with E-state index < -0.39 is 17.4 Å². The molecule has 3 aliphatic rings. The lowest BCUT2D eigenvalue weighted by atomic mass is 9.82. The van der Waals surface area contributed by atoms with E-state index in [1.54, 1.807) is 13.3 Å². The number of hydrogen-bond acceptors (Lipinski definition) is 6. The number of pyridine rings is 1. The number of carbonyl (C=O) groups is 2. The van der Waals surface area contributed by atoms with E-state index in [1.165, 1.54) is 12.1 Å². The number of anilines is 3. The van der Waals surface area contributed by atoms with Crippen molar-refractivity contribution in [2.24, 2.45) is 0 Å². The largest absolute Gasteiger partial charge is 0.350 e. The molecule has 2 aromatic heterocycles. The Morgan fingerprint density at radius 1 is 1.06 bits per heavy atom. The summed E-state index contributed by atoms with van der Waals surface area (Å²) in [5.41, 5.74) is 5.01. The number of imidazole rings is 1. The monoisotopic (exact) mass is 683 g/mol. The van der Waals surface area contributed by atoms with Crippen LogP contribution in [0.3, 0.4) is 0 Å². The maximum atomic E-state index is 15.5. The number of likely N-dealkylation sites (tertiary alicyclic amines) is 1. The molecule has 0 spiro atoms. The highest BCUT2D eigenvalue weighted by Crippen LogP contribution is 2.48. The fourth-order valence-electron chi connectivity index (χ4n) is 7.83. The van der Waals surface area contributed by atoms with Gasteiger partial charge < -0.3 is 20.1 Å². The Labute approximate surface area is 292 Å². The zero-order chi connectivity index (χ0) is 35.6. The first-order valence-corrected chi connectivity index (χ1v) is 17.8. The summed E-state index contributed by atoms with van der Waals surface area (Å²) in [6.07, 6.45) is 4.13. The van der Waals surface area contributed by atoms with E-state index in [0.29, 0.717) is 46.6 Å². The number of piperidine rings is 1. The van der Waals surface area contributed by atoms with Crippen LogP contribution in [-0.2, 0) is 10.2 Å². The Kier molecular flexibility index (Phi) is 8.69. The van der Waals surface area contributed by atoms with E-state index in [-0.39, 0.29) is 41.7 Å². The van der Waals surface area contributed by atoms with Crippen LogP contribution in [0.25, 0.3) is 22.3 Å². The number of rotatable bonds is 8. The van der Waals surface area contributed by atoms with Gasteiger partial charge in [0.05, 0.1) is 28.6 Å². The maximum Gasteiger partial charge on any atom is 0.251 e. The molecule has 9 nitrogen and oxygen atoms in total. The van der Waals surface area contributed by atoms with Crippen molar-refractivity contribution in [3.8, 4) is 11.3 Å². The summed E-state index contributed by atoms with van der Waals surface area (Å²) in [6.45, 7) is 14.9. The van der Waals surface area contributed by atoms with Crippen LogP contribution in [0.4, 0.5) is 26.0 Å². The summed E-state index contributed by atoms with van der Waals surface area (Å²) in [5.74, 6) is -0.298. The number of aryl methyl sites for hydroxylation is 1. The molecule has 11 heteroatoms. The molecule has 1 saturated carbocycles. The first-order chi connectivity index (χ1) is 23.7. The van der Waals surface area contributed by atoms with Crippen molar-refractivity contribution in [2.75, 3.05) is 23.3 Å². The van der Waals surface area contributed by atoms with E-state index in [9.17, 15) is 14.0 Å². The molecule has 0 bridgehead atoms. The standard InChI is InChI=1S/C39H47F2N7O2/c1-21(2)43-37(49)28-17-32(30(41)13-23(28)5)45-36-35-33(42-20-47(35)22(3)4)18-31(44-36)24-10-11-29-34(14-24)48(38(50)39(29,6)7)27-15-26(16-27)46-12-8-9-25(40)19-46/h10-11,13-14,17-18,20-22,25-27H,8-9,12,15-16,19H2,1-7H3,(H,43,49)(H,44,45)/t25-,26?,27?/m1/s1. The van der Waals surface area contributed by atoms with Gasteiger partial charge in [-0.3, -0.25) is 14.5 Å². The zero-order valence-corrected chi connectivity index (χ0v) is 30.0. The smallest absolute Gasteiger partial charge is 0.251 e. The third kappa shape index (κ3) is 5.93. The average molecular weight is 684 g/mol. The predicted octanol–water partition coefficient (Wildman–Crippen LogP) is 7.60. The van der Waals surface area contributed by atoms with Gasteiger partial charge in [-0.2, -0.15) is 0 Å². The van der Waals surface area contributed by atoms with Crippen molar-refractivity contribution >= 4 is 40.0 Å². The van der Waals surface area contributed by atoms with Crippen LogP contribution < -0.4 is 15.5 Å². The molecule has 2 aromatic carbocycles. The number of alkyl halides is 1. The second kappa shape index (κ2) is 12.7. The minimum absolute atomic E-state index is 0.0456. The van der Waals surface area contributed by atoms with Gasteiger partial charge in [0, 0.05) is 47.5 Å². The lowest BCUT2D eigenvalue weighted by molar-refractivity contribution is -0.123. The van der Waals surface area contributed by atoms with Gasteiger partial charge >= 0.3 is 0 Å². The van der Waals surface area contributed by atoms with Crippen LogP contribution >= 0.6 is 0 Å². The normalized spacial score (nSPS) is 21.9. The summed E-state index contributed by atoms with van der Waals surface area (Å²) < 4.78 is 31.7. The van der Waals surface area contributed by atoms with E-state index in [0.717, 1.165) is 42.6 Å². The maximum absolute atomic E-state index is 15.5. The van der Waals surface area contributed by atoms with E-state index in [2.05, 4.69) is 15.5 Å². The molecule has 2 amide bonds. The molecule has 4 aromatic rings. The number of nitrogens with zero attached hydrogens (tertiary/aromatic N) is 5. The minimum Gasteiger partial charge on any atom is -0.350 e. The van der Waals surface area contributed by atoms with Crippen LogP contribution in [0.5, 0.6) is 0 Å². The molecule has 1 aliphatic carbocycles. The number of carbonyl (C=O) groups excluding carboxylic acids is 2. The van der Waals surface area contributed by atoms with Gasteiger partial charge in [0.2, 0.25) is 5.91 Å². The van der Waals surface area contributed by atoms with E-state index in [1.807, 2.05) is 75.3 Å². The first-order valence-electron chi connectivity index (χ1n) is 17.8. The van der Waals surface area contributed by atoms with Gasteiger partial charge in [0.15, 0.2) is 5.82 Å². The fourth-order valence-corrected chi connectivity index (χ4v) is 7.83. The minimum atomic E-state index is -0.775. The second-order valence-corrected chi connectivity index (χ2v) is 15.4. The number of nitrogens with one attached hydrogen (secondary N) is 2. The van der Waals surface area contributed by atoms with Crippen molar-refractivity contribution in [3.05, 3.63) is 65.2 Å². The highest BCUT2D eigenvalue weighted by molar-refractivity contribution is 6.09. The van der Waals surface area contributed by atoms with Crippen molar-refractivity contribution in [1.29, 1.82) is 0 Å². The summed E-state index contributed by atoms with van der Waals surface area (Å²) in [5, 5.41) is 6.11. The van der Waals surface area contributed by atoms with E-state index >= 15 is 4.39 Å². The predicted molar refractivity (Wildman–Crippen MR) is 193 cm³/mol. The van der Waals surface area contributed by atoms with Crippen LogP contribution in [0.1, 0.15) is 94.8 Å². The average Bonchev–Trinajstić information content (AvgIpc) is 3.55. The molecule has 1 saturated heterocycles. The SMILES string of the molecule is Cc1cc(F)c(Nc2nc(-c3ccc4c(c3)N(C3CC(N5CCC[C@@H](F)C5)C3)C(=O)C4(C)C)cc3ncn(C(C)C)c23)cc1C(=O)NC(C)C. The van der Waals surface area contributed by atoms with Gasteiger partial charge in [-0.25, -0.2) is 18.7 Å². The van der Waals surface area contributed by atoms with Crippen molar-refractivity contribution in [2.45, 2.75) is 110 Å². The Hall–Kier alpha value is -4.38. The molecule has 0 radical (unpaired) electrons. The van der Waals surface area contributed by atoms with Crippen molar-refractivity contribution in [1.82, 2.24) is 24.8 Å². The van der Waals surface area contributed by atoms with Gasteiger partial charge in [-0.05, 0) is 116 Å². The van der Waals surface area contributed by atoms with Crippen molar-refractivity contribution < 1.29 is 18.4 Å². The Morgan fingerprint density at radius 2 is 1.82 bits per heavy atom. The number of amides is 2. The Bertz CT molecular complexity index is 1980. The number of halogens is 2. The molecule has 4 heterocycles. The molecular formula is C39H47F2N7O2. The summed E-state index contributed by atoms with van der Waals surface area (Å²) in [7, 11) is 0. The van der Waals surface area contributed by atoms with Crippen LogP contribution in [0, 0.1) is 12.7 Å². The third-order valence-electron chi connectivity index (χ3n) is 10.7. The Morgan fingerprint density at radius 3 is 2.52 bits per heavy atom. The molecule has 7 rings (SSSR count). The summed E-state index contributed by atoms with van der Waals surface area (Å²) in [4.78, 5) is 40.9. The van der Waals surface area contributed by atoms with Gasteiger partial charge in [0.25, 0.3) is 5.91 Å². The Balaban J connectivity index is 1.26. The lowest BCUT2D eigenvalue weighted by Gasteiger charge is -2.48. The fraction of sp³-hybridized carbons (Fsp3) is 0.487. The quantitative estimate of drug-likeness (QED) is 0.199. The third-order valence-corrected chi connectivity index (χ3v) is 10.7. The van der Waals surface area contributed by atoms with Crippen LogP contribution in [-0.4, -0.2) is 68.6 Å². The topological polar surface area (TPSA) is 95.4 Å². The molecule has 50 heavy (non-hydrogen) atoms. The van der Waals surface area contributed by atoms with Gasteiger partial charge in [-0.15, -0.1) is 0 Å².